The van der Waals surface area contributed by atoms with E-state index in [0.717, 1.165) is 22.8 Å². The van der Waals surface area contributed by atoms with Crippen molar-refractivity contribution in [2.75, 3.05) is 11.9 Å². The topological polar surface area (TPSA) is 107 Å². The number of aromatic nitrogens is 5. The van der Waals surface area contributed by atoms with Crippen molar-refractivity contribution in [1.29, 1.82) is 0 Å². The van der Waals surface area contributed by atoms with Gasteiger partial charge in [0.15, 0.2) is 11.6 Å². The van der Waals surface area contributed by atoms with Crippen LogP contribution in [0.3, 0.4) is 0 Å². The molecular weight excluding hydrogens is 418 g/mol. The zero-order valence-corrected chi connectivity index (χ0v) is 18.5. The molecule has 0 atom stereocenters. The van der Waals surface area contributed by atoms with Crippen LogP contribution in [0.5, 0.6) is 5.75 Å². The molecule has 9 heteroatoms. The number of hydrogen-bond acceptors (Lipinski definition) is 7. The van der Waals surface area contributed by atoms with Crippen molar-refractivity contribution >= 4 is 11.6 Å². The molecule has 4 aromatic rings. The number of benzene rings is 2. The number of nitrogens with one attached hydrogen (secondary N) is 2. The zero-order valence-electron chi connectivity index (χ0n) is 18.5. The quantitative estimate of drug-likeness (QED) is 0.409. The van der Waals surface area contributed by atoms with Gasteiger partial charge >= 0.3 is 0 Å². The Morgan fingerprint density at radius 1 is 1.06 bits per heavy atom. The van der Waals surface area contributed by atoms with Crippen LogP contribution < -0.4 is 15.4 Å². The third kappa shape index (κ3) is 5.32. The molecule has 0 bridgehead atoms. The van der Waals surface area contributed by atoms with E-state index in [-0.39, 0.29) is 5.91 Å². The van der Waals surface area contributed by atoms with E-state index in [2.05, 4.69) is 30.8 Å². The molecule has 0 aliphatic carbocycles. The summed E-state index contributed by atoms with van der Waals surface area (Å²) in [5.41, 5.74) is 3.01. The fourth-order valence-electron chi connectivity index (χ4n) is 3.34. The highest BCUT2D eigenvalue weighted by Crippen LogP contribution is 2.19. The van der Waals surface area contributed by atoms with Crippen molar-refractivity contribution in [3.63, 3.8) is 0 Å². The molecule has 9 nitrogen and oxygen atoms in total. The van der Waals surface area contributed by atoms with E-state index in [0.29, 0.717) is 36.8 Å². The predicted molar refractivity (Wildman–Crippen MR) is 125 cm³/mol. The molecule has 0 saturated carbocycles. The van der Waals surface area contributed by atoms with Crippen LogP contribution in [0.2, 0.25) is 0 Å². The summed E-state index contributed by atoms with van der Waals surface area (Å²) in [6, 6.07) is 16.8. The standard InChI is InChI=1S/C24H25N7O2/c1-3-33-21-10-5-4-7-18(21)14-27-24(32)17-8-6-9-19(13-17)26-15-22-29-30-23(31(22)2)20-11-12-25-16-28-20/h4-13,16,26H,3,14-15H2,1-2H3,(H,27,32). The largest absolute Gasteiger partial charge is 0.494 e. The number of hydrogen-bond donors (Lipinski definition) is 2. The molecule has 2 N–H and O–H groups in total. The first kappa shape index (κ1) is 21.9. The first-order valence-electron chi connectivity index (χ1n) is 10.6. The molecule has 0 spiro atoms. The third-order valence-corrected chi connectivity index (χ3v) is 5.06. The van der Waals surface area contributed by atoms with Gasteiger partial charge in [0.2, 0.25) is 0 Å². The first-order valence-corrected chi connectivity index (χ1v) is 10.6. The number of rotatable bonds is 9. The second-order valence-corrected chi connectivity index (χ2v) is 7.25. The molecule has 2 heterocycles. The van der Waals surface area contributed by atoms with Crippen molar-refractivity contribution in [3.05, 3.63) is 84.1 Å². The number of para-hydroxylation sites is 1. The maximum Gasteiger partial charge on any atom is 0.251 e. The van der Waals surface area contributed by atoms with Gasteiger partial charge in [0.1, 0.15) is 17.8 Å². The van der Waals surface area contributed by atoms with Crippen LogP contribution in [-0.2, 0) is 20.1 Å². The highest BCUT2D eigenvalue weighted by Gasteiger charge is 2.12. The Kier molecular flexibility index (Phi) is 6.89. The molecule has 2 aromatic carbocycles. The third-order valence-electron chi connectivity index (χ3n) is 5.06. The zero-order chi connectivity index (χ0) is 23.0. The van der Waals surface area contributed by atoms with Crippen LogP contribution in [0, 0.1) is 0 Å². The lowest BCUT2D eigenvalue weighted by Gasteiger charge is -2.12. The van der Waals surface area contributed by atoms with Gasteiger partial charge in [-0.05, 0) is 37.3 Å². The maximum absolute atomic E-state index is 12.7. The van der Waals surface area contributed by atoms with Gasteiger partial charge in [0, 0.05) is 36.6 Å². The van der Waals surface area contributed by atoms with Gasteiger partial charge in [0.05, 0.1) is 13.2 Å². The first-order chi connectivity index (χ1) is 16.2. The normalized spacial score (nSPS) is 10.6. The van der Waals surface area contributed by atoms with Crippen LogP contribution in [0.15, 0.2) is 67.1 Å². The van der Waals surface area contributed by atoms with Crippen LogP contribution in [0.4, 0.5) is 5.69 Å². The number of ether oxygens (including phenoxy) is 1. The summed E-state index contributed by atoms with van der Waals surface area (Å²) < 4.78 is 7.50. The molecule has 33 heavy (non-hydrogen) atoms. The van der Waals surface area contributed by atoms with Crippen molar-refractivity contribution in [2.24, 2.45) is 7.05 Å². The molecule has 0 saturated heterocycles. The van der Waals surface area contributed by atoms with E-state index < -0.39 is 0 Å². The minimum absolute atomic E-state index is 0.158. The second-order valence-electron chi connectivity index (χ2n) is 7.25. The van der Waals surface area contributed by atoms with Crippen LogP contribution >= 0.6 is 0 Å². The lowest BCUT2D eigenvalue weighted by molar-refractivity contribution is 0.0950. The molecule has 0 aliphatic rings. The number of carbonyl (C=O) groups is 1. The fourth-order valence-corrected chi connectivity index (χ4v) is 3.34. The smallest absolute Gasteiger partial charge is 0.251 e. The molecule has 1 amide bonds. The molecule has 0 fully saturated rings. The Morgan fingerprint density at radius 2 is 1.94 bits per heavy atom. The van der Waals surface area contributed by atoms with Gasteiger partial charge in [0.25, 0.3) is 5.91 Å². The number of amides is 1. The van der Waals surface area contributed by atoms with E-state index in [4.69, 9.17) is 4.74 Å². The molecule has 2 aromatic heterocycles. The highest BCUT2D eigenvalue weighted by atomic mass is 16.5. The van der Waals surface area contributed by atoms with Gasteiger partial charge < -0.3 is 19.9 Å². The van der Waals surface area contributed by atoms with Gasteiger partial charge in [-0.3, -0.25) is 4.79 Å². The monoisotopic (exact) mass is 443 g/mol. The van der Waals surface area contributed by atoms with Crippen LogP contribution in [-0.4, -0.2) is 37.2 Å². The minimum atomic E-state index is -0.158. The average molecular weight is 444 g/mol. The van der Waals surface area contributed by atoms with Crippen molar-refractivity contribution in [2.45, 2.75) is 20.0 Å². The minimum Gasteiger partial charge on any atom is -0.494 e. The summed E-state index contributed by atoms with van der Waals surface area (Å²) >= 11 is 0. The lowest BCUT2D eigenvalue weighted by Crippen LogP contribution is -2.23. The SMILES string of the molecule is CCOc1ccccc1CNC(=O)c1cccc(NCc2nnc(-c3ccncn3)n2C)c1. The Balaban J connectivity index is 1.38. The van der Waals surface area contributed by atoms with Crippen molar-refractivity contribution < 1.29 is 9.53 Å². The number of nitrogens with zero attached hydrogens (tertiary/aromatic N) is 5. The van der Waals surface area contributed by atoms with Gasteiger partial charge in [-0.2, -0.15) is 0 Å². The van der Waals surface area contributed by atoms with E-state index >= 15 is 0 Å². The molecule has 168 valence electrons. The summed E-state index contributed by atoms with van der Waals surface area (Å²) in [6.45, 7) is 3.34. The Hall–Kier alpha value is -4.27. The Bertz CT molecular complexity index is 1220. The second kappa shape index (κ2) is 10.4. The summed E-state index contributed by atoms with van der Waals surface area (Å²) in [7, 11) is 1.89. The Labute approximate surface area is 191 Å². The van der Waals surface area contributed by atoms with E-state index in [1.807, 2.05) is 61.0 Å². The summed E-state index contributed by atoms with van der Waals surface area (Å²) in [5, 5.41) is 14.7. The van der Waals surface area contributed by atoms with Gasteiger partial charge in [-0.25, -0.2) is 9.97 Å². The van der Waals surface area contributed by atoms with Gasteiger partial charge in [-0.1, -0.05) is 24.3 Å². The van der Waals surface area contributed by atoms with Crippen LogP contribution in [0.25, 0.3) is 11.5 Å². The van der Waals surface area contributed by atoms with E-state index in [1.165, 1.54) is 6.33 Å². The predicted octanol–water partition coefficient (Wildman–Crippen LogP) is 3.21. The number of carbonyl (C=O) groups excluding carboxylic acids is 1. The van der Waals surface area contributed by atoms with Crippen molar-refractivity contribution in [1.82, 2.24) is 30.0 Å². The molecule has 0 aliphatic heterocycles. The fraction of sp³-hybridized carbons (Fsp3) is 0.208. The Morgan fingerprint density at radius 3 is 2.76 bits per heavy atom. The molecule has 0 unspecified atom stereocenters. The lowest BCUT2D eigenvalue weighted by atomic mass is 10.1. The average Bonchev–Trinajstić information content (AvgIpc) is 3.23. The molecular formula is C24H25N7O2. The van der Waals surface area contributed by atoms with E-state index in [1.54, 1.807) is 18.3 Å². The maximum atomic E-state index is 12.7. The summed E-state index contributed by atoms with van der Waals surface area (Å²) in [4.78, 5) is 20.9. The number of anilines is 1. The molecule has 4 rings (SSSR count). The van der Waals surface area contributed by atoms with Crippen molar-refractivity contribution in [3.8, 4) is 17.3 Å². The van der Waals surface area contributed by atoms with Gasteiger partial charge in [-0.15, -0.1) is 10.2 Å². The van der Waals surface area contributed by atoms with E-state index in [9.17, 15) is 4.79 Å². The molecule has 0 radical (unpaired) electrons. The highest BCUT2D eigenvalue weighted by molar-refractivity contribution is 5.95. The van der Waals surface area contributed by atoms with Crippen LogP contribution in [0.1, 0.15) is 28.7 Å². The summed E-state index contributed by atoms with van der Waals surface area (Å²) in [5.74, 6) is 2.02. The summed E-state index contributed by atoms with van der Waals surface area (Å²) in [6.07, 6.45) is 3.15.